The fraction of sp³-hybridized carbons (Fsp3) is 0.263. The second kappa shape index (κ2) is 9.10. The summed E-state index contributed by atoms with van der Waals surface area (Å²) in [5.74, 6) is 0.214. The van der Waals surface area contributed by atoms with Gasteiger partial charge < -0.3 is 20.7 Å². The Hall–Kier alpha value is -2.73. The number of nitrogens with one attached hydrogen (secondary N) is 3. The number of anilines is 3. The van der Waals surface area contributed by atoms with Crippen LogP contribution in [0.4, 0.5) is 17.1 Å². The lowest BCUT2D eigenvalue weighted by Crippen LogP contribution is -2.32. The number of para-hydroxylation sites is 2. The van der Waals surface area contributed by atoms with Gasteiger partial charge in [0.25, 0.3) is 0 Å². The minimum absolute atomic E-state index is 0.201. The molecule has 0 saturated carbocycles. The number of amides is 2. The summed E-state index contributed by atoms with van der Waals surface area (Å²) in [6.07, 6.45) is 0. The first-order valence-corrected chi connectivity index (χ1v) is 8.65. The molecule has 1 atom stereocenters. The van der Waals surface area contributed by atoms with E-state index in [1.165, 1.54) is 6.92 Å². The fourth-order valence-electron chi connectivity index (χ4n) is 2.30. The maximum Gasteiger partial charge on any atom is 0.246 e. The molecule has 2 amide bonds. The number of carbonyl (C=O) groups is 2. The predicted octanol–water partition coefficient (Wildman–Crippen LogP) is 4.14. The average Bonchev–Trinajstić information content (AvgIpc) is 2.59. The topological polar surface area (TPSA) is 79.5 Å². The number of ether oxygens (including phenoxy) is 1. The van der Waals surface area contributed by atoms with E-state index in [0.717, 1.165) is 0 Å². The summed E-state index contributed by atoms with van der Waals surface area (Å²) in [4.78, 5) is 23.6. The lowest BCUT2D eigenvalue weighted by atomic mass is 10.2. The number of hydrogen-bond acceptors (Lipinski definition) is 4. The molecule has 0 aliphatic heterocycles. The van der Waals surface area contributed by atoms with E-state index in [1.54, 1.807) is 37.3 Å². The highest BCUT2D eigenvalue weighted by Gasteiger charge is 2.15. The molecule has 0 saturated heterocycles. The Morgan fingerprint density at radius 3 is 2.50 bits per heavy atom. The molecule has 138 valence electrons. The lowest BCUT2D eigenvalue weighted by molar-refractivity contribution is -0.116. The van der Waals surface area contributed by atoms with Crippen LogP contribution in [0, 0.1) is 0 Å². The summed E-state index contributed by atoms with van der Waals surface area (Å²) in [6.45, 7) is 5.56. The van der Waals surface area contributed by atoms with Gasteiger partial charge in [-0.2, -0.15) is 0 Å². The summed E-state index contributed by atoms with van der Waals surface area (Å²) in [7, 11) is 0. The van der Waals surface area contributed by atoms with Gasteiger partial charge in [0.2, 0.25) is 11.8 Å². The van der Waals surface area contributed by atoms with E-state index in [9.17, 15) is 9.59 Å². The van der Waals surface area contributed by atoms with Gasteiger partial charge in [-0.1, -0.05) is 23.7 Å². The summed E-state index contributed by atoms with van der Waals surface area (Å²) in [5.41, 5.74) is 1.81. The molecule has 0 spiro atoms. The van der Waals surface area contributed by atoms with Crippen molar-refractivity contribution in [2.75, 3.05) is 22.6 Å². The zero-order chi connectivity index (χ0) is 19.1. The number of halogens is 1. The molecule has 0 fully saturated rings. The van der Waals surface area contributed by atoms with Crippen LogP contribution in [0.1, 0.15) is 20.8 Å². The summed E-state index contributed by atoms with van der Waals surface area (Å²) in [5, 5.41) is 8.96. The average molecular weight is 376 g/mol. The minimum atomic E-state index is -0.507. The summed E-state index contributed by atoms with van der Waals surface area (Å²) >= 11 is 6.15. The predicted molar refractivity (Wildman–Crippen MR) is 105 cm³/mol. The fourth-order valence-corrected chi connectivity index (χ4v) is 2.53. The molecule has 7 heteroatoms. The first-order valence-electron chi connectivity index (χ1n) is 8.27. The first kappa shape index (κ1) is 19.6. The van der Waals surface area contributed by atoms with Crippen LogP contribution in [0.3, 0.4) is 0 Å². The molecule has 0 bridgehead atoms. The Kier molecular flexibility index (Phi) is 6.86. The SMILES string of the molecule is CCOc1ccccc1NC(=O)[C@@H](C)Nc1ccc(NC(C)=O)c(Cl)c1. The molecule has 3 N–H and O–H groups in total. The number of benzene rings is 2. The van der Waals surface area contributed by atoms with Gasteiger partial charge in [0, 0.05) is 12.6 Å². The molecular formula is C19H22ClN3O3. The largest absolute Gasteiger partial charge is 0.492 e. The van der Waals surface area contributed by atoms with Gasteiger partial charge in [-0.15, -0.1) is 0 Å². The van der Waals surface area contributed by atoms with Gasteiger partial charge in [0.1, 0.15) is 11.8 Å². The van der Waals surface area contributed by atoms with E-state index in [-0.39, 0.29) is 11.8 Å². The third-order valence-electron chi connectivity index (χ3n) is 3.50. The monoisotopic (exact) mass is 375 g/mol. The maximum absolute atomic E-state index is 12.5. The molecule has 0 heterocycles. The van der Waals surface area contributed by atoms with Crippen LogP contribution in [0.25, 0.3) is 0 Å². The number of rotatable bonds is 7. The van der Waals surface area contributed by atoms with Crippen molar-refractivity contribution in [3.8, 4) is 5.75 Å². The molecule has 0 aliphatic rings. The second-order valence-electron chi connectivity index (χ2n) is 5.66. The standard InChI is InChI=1S/C19H22ClN3O3/c1-4-26-18-8-6-5-7-17(18)23-19(25)12(2)21-14-9-10-16(15(20)11-14)22-13(3)24/h5-12,21H,4H2,1-3H3,(H,22,24)(H,23,25)/t12-/m1/s1. The van der Waals surface area contributed by atoms with E-state index < -0.39 is 6.04 Å². The molecular weight excluding hydrogens is 354 g/mol. The molecule has 2 rings (SSSR count). The van der Waals surface area contributed by atoms with Crippen molar-refractivity contribution < 1.29 is 14.3 Å². The highest BCUT2D eigenvalue weighted by molar-refractivity contribution is 6.34. The highest BCUT2D eigenvalue weighted by atomic mass is 35.5. The van der Waals surface area contributed by atoms with Crippen LogP contribution in [0.5, 0.6) is 5.75 Å². The summed E-state index contributed by atoms with van der Waals surface area (Å²) < 4.78 is 5.51. The minimum Gasteiger partial charge on any atom is -0.492 e. The van der Waals surface area contributed by atoms with Crippen molar-refractivity contribution in [3.63, 3.8) is 0 Å². The zero-order valence-electron chi connectivity index (χ0n) is 14.9. The van der Waals surface area contributed by atoms with E-state index in [0.29, 0.717) is 34.4 Å². The van der Waals surface area contributed by atoms with Crippen molar-refractivity contribution in [2.24, 2.45) is 0 Å². The molecule has 0 radical (unpaired) electrons. The van der Waals surface area contributed by atoms with Gasteiger partial charge in [-0.25, -0.2) is 0 Å². The third kappa shape index (κ3) is 5.39. The lowest BCUT2D eigenvalue weighted by Gasteiger charge is -2.17. The Bertz CT molecular complexity index is 795. The van der Waals surface area contributed by atoms with Crippen LogP contribution in [-0.2, 0) is 9.59 Å². The van der Waals surface area contributed by atoms with Crippen molar-refractivity contribution >= 4 is 40.5 Å². The normalized spacial score (nSPS) is 11.4. The zero-order valence-corrected chi connectivity index (χ0v) is 15.7. The smallest absolute Gasteiger partial charge is 0.246 e. The van der Waals surface area contributed by atoms with Gasteiger partial charge >= 0.3 is 0 Å². The van der Waals surface area contributed by atoms with E-state index in [2.05, 4.69) is 16.0 Å². The second-order valence-corrected chi connectivity index (χ2v) is 6.07. The summed E-state index contributed by atoms with van der Waals surface area (Å²) in [6, 6.07) is 11.8. The molecule has 26 heavy (non-hydrogen) atoms. The van der Waals surface area contributed by atoms with E-state index >= 15 is 0 Å². The first-order chi connectivity index (χ1) is 12.4. The van der Waals surface area contributed by atoms with Gasteiger partial charge in [-0.3, -0.25) is 9.59 Å². The van der Waals surface area contributed by atoms with Crippen LogP contribution in [-0.4, -0.2) is 24.5 Å². The maximum atomic E-state index is 12.5. The molecule has 0 unspecified atom stereocenters. The van der Waals surface area contributed by atoms with Crippen LogP contribution in [0.15, 0.2) is 42.5 Å². The highest BCUT2D eigenvalue weighted by Crippen LogP contribution is 2.27. The molecule has 2 aromatic rings. The Morgan fingerprint density at radius 1 is 1.12 bits per heavy atom. The number of carbonyl (C=O) groups excluding carboxylic acids is 2. The molecule has 0 aromatic heterocycles. The van der Waals surface area contributed by atoms with Crippen molar-refractivity contribution in [1.29, 1.82) is 0 Å². The van der Waals surface area contributed by atoms with Gasteiger partial charge in [0.15, 0.2) is 0 Å². The van der Waals surface area contributed by atoms with Crippen LogP contribution >= 0.6 is 11.6 Å². The quantitative estimate of drug-likeness (QED) is 0.679. The van der Waals surface area contributed by atoms with Crippen molar-refractivity contribution in [1.82, 2.24) is 0 Å². The third-order valence-corrected chi connectivity index (χ3v) is 3.81. The van der Waals surface area contributed by atoms with Gasteiger partial charge in [-0.05, 0) is 44.2 Å². The van der Waals surface area contributed by atoms with E-state index in [4.69, 9.17) is 16.3 Å². The Morgan fingerprint density at radius 2 is 1.85 bits per heavy atom. The van der Waals surface area contributed by atoms with E-state index in [1.807, 2.05) is 19.1 Å². The molecule has 0 aliphatic carbocycles. The van der Waals surface area contributed by atoms with Crippen LogP contribution in [0.2, 0.25) is 5.02 Å². The molecule has 6 nitrogen and oxygen atoms in total. The Balaban J connectivity index is 2.03. The Labute approximate surface area is 157 Å². The van der Waals surface area contributed by atoms with Crippen molar-refractivity contribution in [2.45, 2.75) is 26.8 Å². The van der Waals surface area contributed by atoms with Crippen molar-refractivity contribution in [3.05, 3.63) is 47.5 Å². The van der Waals surface area contributed by atoms with Gasteiger partial charge in [0.05, 0.1) is 23.0 Å². The molecule has 2 aromatic carbocycles. The number of hydrogen-bond donors (Lipinski definition) is 3. The van der Waals surface area contributed by atoms with Crippen LogP contribution < -0.4 is 20.7 Å².